The van der Waals surface area contributed by atoms with E-state index >= 15 is 0 Å². The number of hydrogen-bond acceptors (Lipinski definition) is 3. The van der Waals surface area contributed by atoms with Crippen LogP contribution in [0.1, 0.15) is 76.2 Å². The van der Waals surface area contributed by atoms with Gasteiger partial charge in [-0.25, -0.2) is 0 Å². The molecule has 144 valence electrons. The van der Waals surface area contributed by atoms with Crippen molar-refractivity contribution < 1.29 is 4.79 Å². The second-order valence-electron chi connectivity index (χ2n) is 8.71. The SMILES string of the molecule is Cc1nn(CCC#N)c(C)c1CCC(=O)NC1CCCCC1C(C)(C)C. The number of aromatic nitrogens is 2. The summed E-state index contributed by atoms with van der Waals surface area (Å²) in [6, 6.07) is 2.46. The van der Waals surface area contributed by atoms with Gasteiger partial charge in [0.15, 0.2) is 0 Å². The maximum absolute atomic E-state index is 12.6. The van der Waals surface area contributed by atoms with E-state index in [9.17, 15) is 4.79 Å². The number of rotatable bonds is 6. The summed E-state index contributed by atoms with van der Waals surface area (Å²) < 4.78 is 1.89. The van der Waals surface area contributed by atoms with Crippen LogP contribution >= 0.6 is 0 Å². The van der Waals surface area contributed by atoms with Crippen LogP contribution in [0.2, 0.25) is 0 Å². The summed E-state index contributed by atoms with van der Waals surface area (Å²) in [5.41, 5.74) is 3.43. The molecule has 2 rings (SSSR count). The summed E-state index contributed by atoms with van der Waals surface area (Å²) >= 11 is 0. The van der Waals surface area contributed by atoms with Crippen molar-refractivity contribution in [3.05, 3.63) is 17.0 Å². The van der Waals surface area contributed by atoms with E-state index in [-0.39, 0.29) is 11.3 Å². The van der Waals surface area contributed by atoms with Gasteiger partial charge in [0.1, 0.15) is 0 Å². The van der Waals surface area contributed by atoms with Crippen LogP contribution in [-0.2, 0) is 17.8 Å². The van der Waals surface area contributed by atoms with Crippen LogP contribution in [0.4, 0.5) is 0 Å². The highest BCUT2D eigenvalue weighted by Gasteiger charge is 2.34. The van der Waals surface area contributed by atoms with Gasteiger partial charge in [0.25, 0.3) is 0 Å². The first-order chi connectivity index (χ1) is 12.2. The van der Waals surface area contributed by atoms with Crippen LogP contribution in [0.5, 0.6) is 0 Å². The first-order valence-corrected chi connectivity index (χ1v) is 9.93. The van der Waals surface area contributed by atoms with Gasteiger partial charge in [-0.3, -0.25) is 9.48 Å². The van der Waals surface area contributed by atoms with Crippen LogP contribution < -0.4 is 5.32 Å². The quantitative estimate of drug-likeness (QED) is 0.833. The zero-order chi connectivity index (χ0) is 19.3. The third-order valence-electron chi connectivity index (χ3n) is 5.79. The fourth-order valence-corrected chi connectivity index (χ4v) is 4.33. The fraction of sp³-hybridized carbons (Fsp3) is 0.762. The van der Waals surface area contributed by atoms with E-state index in [0.29, 0.717) is 37.8 Å². The molecule has 1 aromatic rings. The number of carbonyl (C=O) groups is 1. The lowest BCUT2D eigenvalue weighted by Crippen LogP contribution is -2.46. The molecule has 1 aliphatic rings. The molecule has 26 heavy (non-hydrogen) atoms. The van der Waals surface area contributed by atoms with E-state index in [2.05, 4.69) is 37.3 Å². The molecular formula is C21H34N4O. The predicted molar refractivity (Wildman–Crippen MR) is 104 cm³/mol. The average Bonchev–Trinajstić information content (AvgIpc) is 2.84. The molecule has 1 N–H and O–H groups in total. The van der Waals surface area contributed by atoms with Crippen LogP contribution in [0, 0.1) is 36.5 Å². The number of nitrogens with one attached hydrogen (secondary N) is 1. The fourth-order valence-electron chi connectivity index (χ4n) is 4.33. The maximum Gasteiger partial charge on any atom is 0.220 e. The number of nitrogens with zero attached hydrogens (tertiary/aromatic N) is 3. The Bertz CT molecular complexity index is 663. The standard InChI is InChI=1S/C21H34N4O/c1-15-17(16(2)25(24-15)14-8-13-22)11-12-20(26)23-19-10-7-6-9-18(19)21(3,4)5/h18-19H,6-12,14H2,1-5H3,(H,23,26). The minimum absolute atomic E-state index is 0.148. The smallest absolute Gasteiger partial charge is 0.220 e. The van der Waals surface area contributed by atoms with Crippen molar-refractivity contribution in [2.24, 2.45) is 11.3 Å². The molecular weight excluding hydrogens is 324 g/mol. The van der Waals surface area contributed by atoms with Gasteiger partial charge in [0, 0.05) is 18.2 Å². The Balaban J connectivity index is 1.94. The van der Waals surface area contributed by atoms with E-state index in [1.54, 1.807) is 0 Å². The Labute approximate surface area is 158 Å². The van der Waals surface area contributed by atoms with E-state index < -0.39 is 0 Å². The first kappa shape index (κ1) is 20.5. The van der Waals surface area contributed by atoms with E-state index in [4.69, 9.17) is 5.26 Å². The summed E-state index contributed by atoms with van der Waals surface area (Å²) in [6.07, 6.45) is 6.45. The van der Waals surface area contributed by atoms with Gasteiger partial charge in [-0.15, -0.1) is 0 Å². The third kappa shape index (κ3) is 5.09. The van der Waals surface area contributed by atoms with Gasteiger partial charge < -0.3 is 5.32 Å². The molecule has 0 saturated heterocycles. The van der Waals surface area contributed by atoms with E-state index in [1.807, 2.05) is 18.5 Å². The monoisotopic (exact) mass is 358 g/mol. The summed E-state index contributed by atoms with van der Waals surface area (Å²) in [7, 11) is 0. The molecule has 2 atom stereocenters. The second-order valence-corrected chi connectivity index (χ2v) is 8.71. The third-order valence-corrected chi connectivity index (χ3v) is 5.79. The molecule has 0 aromatic carbocycles. The summed E-state index contributed by atoms with van der Waals surface area (Å²) in [6.45, 7) is 11.5. The Morgan fingerprint density at radius 1 is 1.31 bits per heavy atom. The minimum Gasteiger partial charge on any atom is -0.353 e. The lowest BCUT2D eigenvalue weighted by molar-refractivity contribution is -0.122. The number of carbonyl (C=O) groups excluding carboxylic acids is 1. The molecule has 2 unspecified atom stereocenters. The highest BCUT2D eigenvalue weighted by atomic mass is 16.1. The number of hydrogen-bond donors (Lipinski definition) is 1. The van der Waals surface area contributed by atoms with Crippen molar-refractivity contribution in [2.45, 2.75) is 92.2 Å². The Kier molecular flexibility index (Phi) is 6.86. The maximum atomic E-state index is 12.6. The highest BCUT2D eigenvalue weighted by molar-refractivity contribution is 5.76. The Morgan fingerprint density at radius 2 is 2.00 bits per heavy atom. The van der Waals surface area contributed by atoms with Crippen LogP contribution in [0.25, 0.3) is 0 Å². The van der Waals surface area contributed by atoms with Crippen molar-refractivity contribution in [1.29, 1.82) is 5.26 Å². The van der Waals surface area contributed by atoms with Crippen molar-refractivity contribution >= 4 is 5.91 Å². The Hall–Kier alpha value is -1.83. The van der Waals surface area contributed by atoms with Crippen LogP contribution in [0.3, 0.4) is 0 Å². The first-order valence-electron chi connectivity index (χ1n) is 9.93. The lowest BCUT2D eigenvalue weighted by atomic mass is 9.69. The second kappa shape index (κ2) is 8.70. The molecule has 0 radical (unpaired) electrons. The molecule has 1 heterocycles. The molecule has 1 amide bonds. The molecule has 0 spiro atoms. The molecule has 1 aromatic heterocycles. The van der Waals surface area contributed by atoms with Crippen LogP contribution in [-0.4, -0.2) is 21.7 Å². The number of amides is 1. The normalized spacial score (nSPS) is 20.6. The van der Waals surface area contributed by atoms with Gasteiger partial charge in [0.2, 0.25) is 5.91 Å². The molecule has 1 fully saturated rings. The van der Waals surface area contributed by atoms with Crippen molar-refractivity contribution in [2.75, 3.05) is 0 Å². The van der Waals surface area contributed by atoms with Gasteiger partial charge >= 0.3 is 0 Å². The zero-order valence-electron chi connectivity index (χ0n) is 17.1. The Morgan fingerprint density at radius 3 is 2.65 bits per heavy atom. The molecule has 1 saturated carbocycles. The molecule has 0 bridgehead atoms. The molecule has 5 nitrogen and oxygen atoms in total. The topological polar surface area (TPSA) is 70.7 Å². The van der Waals surface area contributed by atoms with E-state index in [1.165, 1.54) is 19.3 Å². The molecule has 5 heteroatoms. The van der Waals surface area contributed by atoms with E-state index in [0.717, 1.165) is 23.4 Å². The lowest BCUT2D eigenvalue weighted by Gasteiger charge is -2.40. The minimum atomic E-state index is 0.148. The highest BCUT2D eigenvalue weighted by Crippen LogP contribution is 2.38. The molecule has 0 aliphatic heterocycles. The summed E-state index contributed by atoms with van der Waals surface area (Å²) in [4.78, 5) is 12.6. The van der Waals surface area contributed by atoms with Crippen LogP contribution in [0.15, 0.2) is 0 Å². The van der Waals surface area contributed by atoms with Crippen molar-refractivity contribution in [3.8, 4) is 6.07 Å². The largest absolute Gasteiger partial charge is 0.353 e. The van der Waals surface area contributed by atoms with Gasteiger partial charge in [-0.1, -0.05) is 33.6 Å². The summed E-state index contributed by atoms with van der Waals surface area (Å²) in [5.74, 6) is 0.701. The molecule has 1 aliphatic carbocycles. The summed E-state index contributed by atoms with van der Waals surface area (Å²) in [5, 5.41) is 16.6. The van der Waals surface area contributed by atoms with Crippen molar-refractivity contribution in [3.63, 3.8) is 0 Å². The zero-order valence-corrected chi connectivity index (χ0v) is 17.1. The van der Waals surface area contributed by atoms with Gasteiger partial charge in [-0.2, -0.15) is 10.4 Å². The number of aryl methyl sites for hydroxylation is 2. The van der Waals surface area contributed by atoms with Crippen molar-refractivity contribution in [1.82, 2.24) is 15.1 Å². The van der Waals surface area contributed by atoms with Gasteiger partial charge in [-0.05, 0) is 50.0 Å². The average molecular weight is 359 g/mol. The predicted octanol–water partition coefficient (Wildman–Crippen LogP) is 4.07. The van der Waals surface area contributed by atoms with Gasteiger partial charge in [0.05, 0.1) is 24.7 Å². The number of nitriles is 1.